The number of likely N-dealkylation sites (tertiary alicyclic amines) is 1. The number of hydrogen-bond acceptors (Lipinski definition) is 4. The number of carbonyl (C=O) groups is 2. The van der Waals surface area contributed by atoms with Crippen molar-refractivity contribution in [2.24, 2.45) is 0 Å². The van der Waals surface area contributed by atoms with Crippen molar-refractivity contribution in [3.05, 3.63) is 71.4 Å². The Balaban J connectivity index is 1.76. The first kappa shape index (κ1) is 18.3. The molecule has 28 heavy (non-hydrogen) atoms. The first-order chi connectivity index (χ1) is 13.7. The fourth-order valence-electron chi connectivity index (χ4n) is 3.82. The Bertz CT molecular complexity index is 915. The van der Waals surface area contributed by atoms with E-state index in [1.54, 1.807) is 19.2 Å². The summed E-state index contributed by atoms with van der Waals surface area (Å²) in [5.74, 6) is 0.0917. The summed E-state index contributed by atoms with van der Waals surface area (Å²) >= 11 is 0. The van der Waals surface area contributed by atoms with E-state index in [1.165, 1.54) is 11.3 Å². The molecule has 0 radical (unpaired) electrons. The van der Waals surface area contributed by atoms with Crippen molar-refractivity contribution in [1.29, 1.82) is 0 Å². The molecule has 0 atom stereocenters. The monoisotopic (exact) mass is 376 g/mol. The molecule has 0 bridgehead atoms. The zero-order valence-electron chi connectivity index (χ0n) is 16.1. The molecule has 1 saturated heterocycles. The van der Waals surface area contributed by atoms with Crippen molar-refractivity contribution in [2.75, 3.05) is 20.2 Å². The highest BCUT2D eigenvalue weighted by molar-refractivity contribution is 6.30. The van der Waals surface area contributed by atoms with Crippen LogP contribution >= 0.6 is 0 Å². The Labute approximate surface area is 165 Å². The average Bonchev–Trinajstić information content (AvgIpc) is 2.75. The zero-order chi connectivity index (χ0) is 19.5. The predicted molar refractivity (Wildman–Crippen MR) is 108 cm³/mol. The van der Waals surface area contributed by atoms with Gasteiger partial charge in [0, 0.05) is 24.9 Å². The third-order valence-electron chi connectivity index (χ3n) is 5.35. The molecule has 2 aromatic carbocycles. The second-order valence-electron chi connectivity index (χ2n) is 7.23. The lowest BCUT2D eigenvalue weighted by atomic mass is 9.93. The molecule has 2 amide bonds. The third kappa shape index (κ3) is 3.52. The van der Waals surface area contributed by atoms with E-state index in [2.05, 4.69) is 4.90 Å². The van der Waals surface area contributed by atoms with Gasteiger partial charge in [-0.3, -0.25) is 14.5 Å². The van der Waals surface area contributed by atoms with Crippen LogP contribution in [0.2, 0.25) is 0 Å². The zero-order valence-corrected chi connectivity index (χ0v) is 16.1. The van der Waals surface area contributed by atoms with E-state index in [4.69, 9.17) is 4.74 Å². The third-order valence-corrected chi connectivity index (χ3v) is 5.35. The molecule has 2 aliphatic rings. The number of imide groups is 1. The summed E-state index contributed by atoms with van der Waals surface area (Å²) in [6.07, 6.45) is 5.41. The smallest absolute Gasteiger partial charge is 0.263 e. The molecule has 0 aromatic heterocycles. The fraction of sp³-hybridized carbons (Fsp3) is 0.304. The van der Waals surface area contributed by atoms with Gasteiger partial charge in [0.1, 0.15) is 5.75 Å². The summed E-state index contributed by atoms with van der Waals surface area (Å²) in [6, 6.07) is 14.9. The topological polar surface area (TPSA) is 49.9 Å². The van der Waals surface area contributed by atoms with Crippen molar-refractivity contribution in [2.45, 2.75) is 25.8 Å². The van der Waals surface area contributed by atoms with Gasteiger partial charge in [-0.05, 0) is 43.0 Å². The van der Waals surface area contributed by atoms with Crippen molar-refractivity contribution in [3.8, 4) is 5.75 Å². The molecule has 2 aromatic rings. The first-order valence-electron chi connectivity index (χ1n) is 9.72. The molecule has 0 unspecified atom stereocenters. The van der Waals surface area contributed by atoms with Crippen LogP contribution in [-0.4, -0.2) is 41.8 Å². The molecule has 5 heteroatoms. The fourth-order valence-corrected chi connectivity index (χ4v) is 3.82. The Morgan fingerprint density at radius 3 is 2.39 bits per heavy atom. The van der Waals surface area contributed by atoms with Gasteiger partial charge in [0.05, 0.1) is 24.8 Å². The number of benzene rings is 2. The highest BCUT2D eigenvalue weighted by atomic mass is 16.5. The van der Waals surface area contributed by atoms with Gasteiger partial charge < -0.3 is 9.64 Å². The lowest BCUT2D eigenvalue weighted by Gasteiger charge is -2.31. The highest BCUT2D eigenvalue weighted by Gasteiger charge is 2.35. The minimum absolute atomic E-state index is 0.239. The number of piperidine rings is 1. The van der Waals surface area contributed by atoms with Crippen molar-refractivity contribution in [1.82, 2.24) is 9.80 Å². The van der Waals surface area contributed by atoms with E-state index in [9.17, 15) is 9.59 Å². The Morgan fingerprint density at radius 1 is 0.929 bits per heavy atom. The van der Waals surface area contributed by atoms with Gasteiger partial charge in [0.2, 0.25) is 0 Å². The minimum atomic E-state index is -0.279. The summed E-state index contributed by atoms with van der Waals surface area (Å²) in [4.78, 5) is 30.0. The van der Waals surface area contributed by atoms with E-state index in [-0.39, 0.29) is 18.4 Å². The maximum absolute atomic E-state index is 13.3. The maximum Gasteiger partial charge on any atom is 0.263 e. The molecule has 2 heterocycles. The lowest BCUT2D eigenvalue weighted by molar-refractivity contribution is -0.123. The van der Waals surface area contributed by atoms with E-state index in [1.807, 2.05) is 42.6 Å². The first-order valence-corrected chi connectivity index (χ1v) is 9.72. The number of methoxy groups -OCH3 is 1. The van der Waals surface area contributed by atoms with Crippen LogP contribution in [0.15, 0.2) is 54.7 Å². The van der Waals surface area contributed by atoms with Crippen LogP contribution in [0.25, 0.3) is 5.57 Å². The highest BCUT2D eigenvalue weighted by Crippen LogP contribution is 2.33. The summed E-state index contributed by atoms with van der Waals surface area (Å²) in [6.45, 7) is 2.14. The van der Waals surface area contributed by atoms with Gasteiger partial charge >= 0.3 is 0 Å². The van der Waals surface area contributed by atoms with Crippen LogP contribution in [-0.2, 0) is 11.3 Å². The van der Waals surface area contributed by atoms with Crippen LogP contribution in [0.4, 0.5) is 0 Å². The van der Waals surface area contributed by atoms with Gasteiger partial charge in [-0.2, -0.15) is 0 Å². The summed E-state index contributed by atoms with van der Waals surface area (Å²) in [5, 5.41) is 0. The van der Waals surface area contributed by atoms with E-state index >= 15 is 0 Å². The summed E-state index contributed by atoms with van der Waals surface area (Å²) < 4.78 is 5.31. The van der Waals surface area contributed by atoms with Crippen LogP contribution in [0.3, 0.4) is 0 Å². The number of nitrogens with zero attached hydrogens (tertiary/aromatic N) is 2. The maximum atomic E-state index is 13.3. The molecule has 0 aliphatic carbocycles. The van der Waals surface area contributed by atoms with Gasteiger partial charge in [-0.25, -0.2) is 0 Å². The Kier molecular flexibility index (Phi) is 5.15. The number of hydrogen-bond donors (Lipinski definition) is 0. The van der Waals surface area contributed by atoms with Crippen LogP contribution in [0.1, 0.15) is 40.7 Å². The number of carbonyl (C=O) groups excluding carboxylic acids is 2. The van der Waals surface area contributed by atoms with Crippen LogP contribution in [0.5, 0.6) is 5.75 Å². The Hall–Kier alpha value is -3.08. The molecular formula is C23H24N2O3. The quantitative estimate of drug-likeness (QED) is 0.603. The number of ether oxygens (including phenoxy) is 1. The van der Waals surface area contributed by atoms with Gasteiger partial charge in [0.25, 0.3) is 11.8 Å². The van der Waals surface area contributed by atoms with Crippen LogP contribution in [0, 0.1) is 0 Å². The van der Waals surface area contributed by atoms with Crippen molar-refractivity contribution in [3.63, 3.8) is 0 Å². The van der Waals surface area contributed by atoms with Gasteiger partial charge in [-0.15, -0.1) is 0 Å². The normalized spacial score (nSPS) is 18.4. The largest absolute Gasteiger partial charge is 0.497 e. The van der Waals surface area contributed by atoms with E-state index < -0.39 is 0 Å². The number of fused-ring (bicyclic) bond motifs is 1. The standard InChI is InChI=1S/C23H24N2O3/c1-28-18-10-11-19-20(14-18)22(26)25(15-17-8-4-2-5-9-17)23(27)21(19)16-24-12-6-3-7-13-24/h2,4-5,8-11,14,16H,3,6-7,12-13,15H2,1H3. The molecule has 0 saturated carbocycles. The second-order valence-corrected chi connectivity index (χ2v) is 7.23. The predicted octanol–water partition coefficient (Wildman–Crippen LogP) is 3.70. The van der Waals surface area contributed by atoms with E-state index in [0.717, 1.165) is 31.5 Å². The Morgan fingerprint density at radius 2 is 1.68 bits per heavy atom. The second kappa shape index (κ2) is 7.89. The summed E-state index contributed by atoms with van der Waals surface area (Å²) in [7, 11) is 1.58. The molecule has 4 rings (SSSR count). The van der Waals surface area contributed by atoms with Crippen molar-refractivity contribution < 1.29 is 14.3 Å². The SMILES string of the molecule is COc1ccc2c(c1)C(=O)N(Cc1ccccc1)C(=O)C2=CN1CCCCC1. The molecular weight excluding hydrogens is 352 g/mol. The van der Waals surface area contributed by atoms with E-state index in [0.29, 0.717) is 22.4 Å². The number of rotatable bonds is 4. The number of amides is 2. The van der Waals surface area contributed by atoms with Crippen molar-refractivity contribution >= 4 is 17.4 Å². The molecule has 144 valence electrons. The van der Waals surface area contributed by atoms with Crippen LogP contribution < -0.4 is 4.74 Å². The molecule has 1 fully saturated rings. The average molecular weight is 376 g/mol. The summed E-state index contributed by atoms with van der Waals surface area (Å²) in [5.41, 5.74) is 2.70. The molecule has 0 N–H and O–H groups in total. The molecule has 5 nitrogen and oxygen atoms in total. The van der Waals surface area contributed by atoms with Gasteiger partial charge in [0.15, 0.2) is 0 Å². The molecule has 2 aliphatic heterocycles. The minimum Gasteiger partial charge on any atom is -0.497 e. The lowest BCUT2D eigenvalue weighted by Crippen LogP contribution is -2.41. The molecule has 0 spiro atoms. The van der Waals surface area contributed by atoms with Gasteiger partial charge in [-0.1, -0.05) is 30.3 Å².